The summed E-state index contributed by atoms with van der Waals surface area (Å²) in [6, 6.07) is 14.8. The van der Waals surface area contributed by atoms with Gasteiger partial charge in [0, 0.05) is 16.9 Å². The van der Waals surface area contributed by atoms with Gasteiger partial charge >= 0.3 is 6.09 Å². The monoisotopic (exact) mass is 427 g/mol. The highest BCUT2D eigenvalue weighted by Crippen LogP contribution is 2.18. The zero-order valence-corrected chi connectivity index (χ0v) is 16.8. The molecule has 2 amide bonds. The van der Waals surface area contributed by atoms with Gasteiger partial charge < -0.3 is 10.1 Å². The maximum Gasteiger partial charge on any atom is 0.411 e. The third-order valence-electron chi connectivity index (χ3n) is 4.30. The van der Waals surface area contributed by atoms with Gasteiger partial charge in [-0.1, -0.05) is 35.9 Å². The Balaban J connectivity index is 1.52. The van der Waals surface area contributed by atoms with Crippen molar-refractivity contribution in [1.29, 1.82) is 0 Å². The highest BCUT2D eigenvalue weighted by atomic mass is 35.5. The van der Waals surface area contributed by atoms with Crippen LogP contribution in [0.3, 0.4) is 0 Å². The van der Waals surface area contributed by atoms with E-state index in [0.29, 0.717) is 10.7 Å². The number of nitrogens with one attached hydrogen (secondary N) is 2. The maximum atomic E-state index is 13.7. The molecule has 0 fully saturated rings. The lowest BCUT2D eigenvalue weighted by molar-refractivity contribution is 0.0935. The van der Waals surface area contributed by atoms with E-state index in [4.69, 9.17) is 16.3 Å². The Morgan fingerprint density at radius 1 is 1.10 bits per heavy atom. The van der Waals surface area contributed by atoms with Crippen LogP contribution >= 0.6 is 11.6 Å². The quantitative estimate of drug-likeness (QED) is 0.572. The van der Waals surface area contributed by atoms with E-state index in [1.807, 2.05) is 0 Å². The number of benzene rings is 2. The number of rotatable bonds is 6. The lowest BCUT2D eigenvalue weighted by Gasteiger charge is -2.15. The maximum absolute atomic E-state index is 13.7. The number of ether oxygens (including phenoxy) is 1. The average molecular weight is 428 g/mol. The van der Waals surface area contributed by atoms with E-state index in [1.54, 1.807) is 55.5 Å². The first-order valence-corrected chi connectivity index (χ1v) is 9.49. The van der Waals surface area contributed by atoms with E-state index in [-0.39, 0.29) is 18.2 Å². The van der Waals surface area contributed by atoms with Crippen LogP contribution in [-0.2, 0) is 11.3 Å². The molecule has 0 unspecified atom stereocenters. The van der Waals surface area contributed by atoms with Crippen molar-refractivity contribution >= 4 is 29.3 Å². The number of anilines is 1. The zero-order chi connectivity index (χ0) is 21.5. The predicted octanol–water partition coefficient (Wildman–Crippen LogP) is 5.11. The van der Waals surface area contributed by atoms with E-state index in [0.717, 1.165) is 17.3 Å². The molecule has 1 aromatic heterocycles. The van der Waals surface area contributed by atoms with Crippen LogP contribution in [0.1, 0.15) is 34.5 Å². The number of aromatic nitrogens is 1. The first-order chi connectivity index (χ1) is 14.4. The Morgan fingerprint density at radius 2 is 1.80 bits per heavy atom. The van der Waals surface area contributed by atoms with Crippen molar-refractivity contribution < 1.29 is 18.7 Å². The van der Waals surface area contributed by atoms with Gasteiger partial charge in [-0.3, -0.25) is 15.1 Å². The molecule has 0 saturated heterocycles. The normalized spacial score (nSPS) is 11.4. The van der Waals surface area contributed by atoms with E-state index in [1.165, 1.54) is 12.3 Å². The number of hydrogen-bond donors (Lipinski definition) is 2. The fourth-order valence-corrected chi connectivity index (χ4v) is 2.78. The minimum atomic E-state index is -0.682. The summed E-state index contributed by atoms with van der Waals surface area (Å²) in [7, 11) is 0. The summed E-state index contributed by atoms with van der Waals surface area (Å²) in [5.41, 5.74) is 2.08. The fraction of sp³-hybridized carbons (Fsp3) is 0.136. The van der Waals surface area contributed by atoms with Crippen LogP contribution in [0.5, 0.6) is 0 Å². The van der Waals surface area contributed by atoms with E-state index < -0.39 is 17.8 Å². The summed E-state index contributed by atoms with van der Waals surface area (Å²) >= 11 is 5.82. The van der Waals surface area contributed by atoms with Gasteiger partial charge in [0.1, 0.15) is 6.61 Å². The Morgan fingerprint density at radius 3 is 2.47 bits per heavy atom. The summed E-state index contributed by atoms with van der Waals surface area (Å²) in [4.78, 5) is 27.8. The lowest BCUT2D eigenvalue weighted by atomic mass is 10.1. The number of pyridine rings is 1. The van der Waals surface area contributed by atoms with Crippen LogP contribution in [0.15, 0.2) is 67.0 Å². The van der Waals surface area contributed by atoms with Crippen molar-refractivity contribution in [2.75, 3.05) is 5.32 Å². The number of carbonyl (C=O) groups excluding carboxylic acids is 2. The van der Waals surface area contributed by atoms with Crippen molar-refractivity contribution in [3.8, 4) is 0 Å². The molecule has 0 bridgehead atoms. The number of carbonyl (C=O) groups is 2. The molecule has 2 N–H and O–H groups in total. The van der Waals surface area contributed by atoms with E-state index >= 15 is 0 Å². The van der Waals surface area contributed by atoms with Crippen molar-refractivity contribution in [2.45, 2.75) is 19.6 Å². The molecule has 30 heavy (non-hydrogen) atoms. The standard InChI is InChI=1S/C22H19ClFN3O3/c1-14(26-21(28)19-10-11-25-12-20(19)24)16-4-8-18(9-5-16)27-22(29)30-13-15-2-6-17(23)7-3-15/h2-12,14H,13H2,1H3,(H,26,28)(H,27,29)/t14-/m0/s1. The average Bonchev–Trinajstić information content (AvgIpc) is 2.74. The Labute approximate surface area is 178 Å². The second kappa shape index (κ2) is 9.84. The van der Waals surface area contributed by atoms with Gasteiger partial charge in [-0.05, 0) is 48.4 Å². The topological polar surface area (TPSA) is 80.3 Å². The second-order valence-electron chi connectivity index (χ2n) is 6.50. The van der Waals surface area contributed by atoms with E-state index in [2.05, 4.69) is 15.6 Å². The smallest absolute Gasteiger partial charge is 0.411 e. The molecule has 0 spiro atoms. The highest BCUT2D eigenvalue weighted by Gasteiger charge is 2.15. The van der Waals surface area contributed by atoms with Crippen LogP contribution in [0.25, 0.3) is 0 Å². The summed E-state index contributed by atoms with van der Waals surface area (Å²) in [6.45, 7) is 1.90. The number of hydrogen-bond acceptors (Lipinski definition) is 4. The van der Waals surface area contributed by atoms with Crippen LogP contribution < -0.4 is 10.6 Å². The summed E-state index contributed by atoms with van der Waals surface area (Å²) < 4.78 is 18.8. The van der Waals surface area contributed by atoms with Crippen LogP contribution in [0.4, 0.5) is 14.9 Å². The molecule has 8 heteroatoms. The molecule has 0 aliphatic rings. The Kier molecular flexibility index (Phi) is 6.98. The molecule has 1 atom stereocenters. The van der Waals surface area contributed by atoms with Crippen molar-refractivity contribution in [3.05, 3.63) is 94.5 Å². The van der Waals surface area contributed by atoms with Crippen LogP contribution in [-0.4, -0.2) is 17.0 Å². The van der Waals surface area contributed by atoms with E-state index in [9.17, 15) is 14.0 Å². The first-order valence-electron chi connectivity index (χ1n) is 9.11. The van der Waals surface area contributed by atoms with Crippen molar-refractivity contribution in [1.82, 2.24) is 10.3 Å². The molecule has 0 radical (unpaired) electrons. The molecule has 3 rings (SSSR count). The van der Waals surface area contributed by atoms with Gasteiger partial charge in [-0.25, -0.2) is 9.18 Å². The van der Waals surface area contributed by atoms with Gasteiger partial charge in [-0.2, -0.15) is 0 Å². The minimum Gasteiger partial charge on any atom is -0.444 e. The largest absolute Gasteiger partial charge is 0.444 e. The van der Waals surface area contributed by atoms with Crippen molar-refractivity contribution in [2.24, 2.45) is 0 Å². The third-order valence-corrected chi connectivity index (χ3v) is 4.56. The lowest BCUT2D eigenvalue weighted by Crippen LogP contribution is -2.27. The third kappa shape index (κ3) is 5.78. The molecule has 3 aromatic rings. The zero-order valence-electron chi connectivity index (χ0n) is 16.1. The molecule has 0 aliphatic carbocycles. The van der Waals surface area contributed by atoms with Gasteiger partial charge in [0.2, 0.25) is 0 Å². The number of nitrogens with zero attached hydrogens (tertiary/aromatic N) is 1. The highest BCUT2D eigenvalue weighted by molar-refractivity contribution is 6.30. The predicted molar refractivity (Wildman–Crippen MR) is 112 cm³/mol. The van der Waals surface area contributed by atoms with Gasteiger partial charge in [-0.15, -0.1) is 0 Å². The minimum absolute atomic E-state index is 0.0708. The van der Waals surface area contributed by atoms with Crippen LogP contribution in [0, 0.1) is 5.82 Å². The Hall–Kier alpha value is -3.45. The second-order valence-corrected chi connectivity index (χ2v) is 6.94. The van der Waals surface area contributed by atoms with Crippen molar-refractivity contribution in [3.63, 3.8) is 0 Å². The SMILES string of the molecule is C[C@H](NC(=O)c1ccncc1F)c1ccc(NC(=O)OCc2ccc(Cl)cc2)cc1. The summed E-state index contributed by atoms with van der Waals surface area (Å²) in [5, 5.41) is 5.97. The summed E-state index contributed by atoms with van der Waals surface area (Å²) in [6.07, 6.45) is 1.76. The molecule has 2 aromatic carbocycles. The molecular formula is C22H19ClFN3O3. The number of amides is 2. The first kappa shape index (κ1) is 21.3. The van der Waals surface area contributed by atoms with Gasteiger partial charge in [0.05, 0.1) is 17.8 Å². The Bertz CT molecular complexity index is 1030. The molecular weight excluding hydrogens is 409 g/mol. The summed E-state index contributed by atoms with van der Waals surface area (Å²) in [5.74, 6) is -1.21. The fourth-order valence-electron chi connectivity index (χ4n) is 2.66. The van der Waals surface area contributed by atoms with Gasteiger partial charge in [0.15, 0.2) is 5.82 Å². The molecule has 0 aliphatic heterocycles. The molecule has 154 valence electrons. The van der Waals surface area contributed by atoms with Crippen LogP contribution in [0.2, 0.25) is 5.02 Å². The molecule has 1 heterocycles. The number of halogens is 2. The van der Waals surface area contributed by atoms with Gasteiger partial charge in [0.25, 0.3) is 5.91 Å². The molecule has 0 saturated carbocycles. The molecule has 6 nitrogen and oxygen atoms in total.